The quantitative estimate of drug-likeness (QED) is 0.353. The van der Waals surface area contributed by atoms with Crippen LogP contribution in [0.4, 0.5) is 0 Å². The second-order valence-electron chi connectivity index (χ2n) is 3.37. The fourth-order valence-electron chi connectivity index (χ4n) is 1.14. The van der Waals surface area contributed by atoms with Crippen molar-refractivity contribution in [1.82, 2.24) is 0 Å². The van der Waals surface area contributed by atoms with Crippen LogP contribution >= 0.6 is 0 Å². The Labute approximate surface area is 91.2 Å². The van der Waals surface area contributed by atoms with Gasteiger partial charge in [0.1, 0.15) is 0 Å². The molecule has 0 saturated carbocycles. The maximum absolute atomic E-state index is 7.22. The van der Waals surface area contributed by atoms with Gasteiger partial charge in [0, 0.05) is 6.21 Å². The van der Waals surface area contributed by atoms with E-state index in [4.69, 9.17) is 16.9 Å². The number of nitrogens with two attached hydrogens (primary N) is 2. The minimum absolute atomic E-state index is 0.125. The topological polar surface area (TPSA) is 101 Å². The highest BCUT2D eigenvalue weighted by Gasteiger charge is 1.89. The van der Waals surface area contributed by atoms with Crippen molar-refractivity contribution in [3.63, 3.8) is 0 Å². The Bertz CT molecular complexity index is 228. The van der Waals surface area contributed by atoms with E-state index in [1.807, 2.05) is 0 Å². The Morgan fingerprint density at radius 1 is 1.20 bits per heavy atom. The molecule has 0 aromatic carbocycles. The van der Waals surface area contributed by atoms with Gasteiger partial charge in [0.2, 0.25) is 5.96 Å². The number of hydrogen-bond acceptors (Lipinski definition) is 1. The van der Waals surface area contributed by atoms with E-state index >= 15 is 0 Å². The maximum atomic E-state index is 7.22. The van der Waals surface area contributed by atoms with Crippen LogP contribution in [-0.4, -0.2) is 18.1 Å². The molecule has 15 heavy (non-hydrogen) atoms. The van der Waals surface area contributed by atoms with Crippen LogP contribution in [0.5, 0.6) is 0 Å². The lowest BCUT2D eigenvalue weighted by atomic mass is 10.1. The van der Waals surface area contributed by atoms with Crippen molar-refractivity contribution in [2.24, 2.45) is 21.5 Å². The number of aliphatic imine (C=N–C) groups is 2. The summed E-state index contributed by atoms with van der Waals surface area (Å²) in [4.78, 5) is 7.28. The summed E-state index contributed by atoms with van der Waals surface area (Å²) in [5.74, 6) is -0.261. The molecular weight excluding hydrogens is 190 g/mol. The molecule has 5 nitrogen and oxygen atoms in total. The van der Waals surface area contributed by atoms with Gasteiger partial charge in [-0.15, -0.1) is 0 Å². The molecule has 5 heteroatoms. The Morgan fingerprint density at radius 3 is 2.47 bits per heavy atom. The molecule has 0 amide bonds. The largest absolute Gasteiger partial charge is 0.370 e. The van der Waals surface area contributed by atoms with E-state index in [0.717, 1.165) is 12.8 Å². The number of hydrogen-bond donors (Lipinski definition) is 3. The second-order valence-corrected chi connectivity index (χ2v) is 3.37. The SMILES string of the molecule is CCCCCCCC=NC(=N)N=C(N)N. The van der Waals surface area contributed by atoms with Crippen molar-refractivity contribution in [3.05, 3.63) is 0 Å². The summed E-state index contributed by atoms with van der Waals surface area (Å²) in [6, 6.07) is 0. The Morgan fingerprint density at radius 2 is 1.87 bits per heavy atom. The molecule has 0 aliphatic rings. The van der Waals surface area contributed by atoms with E-state index in [1.165, 1.54) is 25.7 Å². The zero-order valence-corrected chi connectivity index (χ0v) is 9.37. The molecule has 0 heterocycles. The van der Waals surface area contributed by atoms with Crippen LogP contribution in [0.25, 0.3) is 0 Å². The Kier molecular flexibility index (Phi) is 8.33. The van der Waals surface area contributed by atoms with Crippen LogP contribution in [0.15, 0.2) is 9.98 Å². The molecule has 0 spiro atoms. The first-order valence-corrected chi connectivity index (χ1v) is 5.37. The molecule has 0 aromatic rings. The molecule has 0 aliphatic carbocycles. The lowest BCUT2D eigenvalue weighted by molar-refractivity contribution is 0.645. The van der Waals surface area contributed by atoms with Crippen molar-refractivity contribution >= 4 is 18.1 Å². The summed E-state index contributed by atoms with van der Waals surface area (Å²) in [5.41, 5.74) is 10.2. The minimum atomic E-state index is -0.136. The van der Waals surface area contributed by atoms with E-state index in [-0.39, 0.29) is 11.9 Å². The fourth-order valence-corrected chi connectivity index (χ4v) is 1.14. The number of guanidine groups is 2. The van der Waals surface area contributed by atoms with Gasteiger partial charge in [-0.25, -0.2) is 4.99 Å². The van der Waals surface area contributed by atoms with Crippen LogP contribution < -0.4 is 11.5 Å². The first kappa shape index (κ1) is 13.6. The van der Waals surface area contributed by atoms with Crippen LogP contribution in [0.1, 0.15) is 45.4 Å². The molecule has 0 radical (unpaired) electrons. The summed E-state index contributed by atoms with van der Waals surface area (Å²) < 4.78 is 0. The molecule has 0 unspecified atom stereocenters. The van der Waals surface area contributed by atoms with Crippen molar-refractivity contribution in [2.45, 2.75) is 45.4 Å². The van der Waals surface area contributed by atoms with Gasteiger partial charge in [-0.05, 0) is 12.8 Å². The normalized spacial score (nSPS) is 10.5. The smallest absolute Gasteiger partial charge is 0.244 e. The predicted octanol–water partition coefficient (Wildman–Crippen LogP) is 1.63. The van der Waals surface area contributed by atoms with Crippen molar-refractivity contribution in [2.75, 3.05) is 0 Å². The van der Waals surface area contributed by atoms with Crippen LogP contribution in [0.2, 0.25) is 0 Å². The molecule has 0 atom stereocenters. The highest BCUT2D eigenvalue weighted by molar-refractivity contribution is 5.95. The predicted molar refractivity (Wildman–Crippen MR) is 65.4 cm³/mol. The third kappa shape index (κ3) is 10.5. The average Bonchev–Trinajstić information content (AvgIpc) is 2.15. The maximum Gasteiger partial charge on any atom is 0.244 e. The Hall–Kier alpha value is -1.39. The molecule has 0 aliphatic heterocycles. The first-order chi connectivity index (χ1) is 7.16. The van der Waals surface area contributed by atoms with Gasteiger partial charge in [-0.2, -0.15) is 4.99 Å². The molecule has 0 rings (SSSR count). The third-order valence-corrected chi connectivity index (χ3v) is 1.89. The van der Waals surface area contributed by atoms with Crippen LogP contribution in [0, 0.1) is 5.41 Å². The molecule has 0 saturated heterocycles. The number of rotatable bonds is 6. The van der Waals surface area contributed by atoms with Crippen LogP contribution in [-0.2, 0) is 0 Å². The molecule has 5 N–H and O–H groups in total. The first-order valence-electron chi connectivity index (χ1n) is 5.37. The number of nitrogens with one attached hydrogen (secondary N) is 1. The van der Waals surface area contributed by atoms with Gasteiger partial charge in [0.15, 0.2) is 5.96 Å². The Balaban J connectivity index is 3.46. The molecular formula is C10H21N5. The van der Waals surface area contributed by atoms with Gasteiger partial charge >= 0.3 is 0 Å². The average molecular weight is 211 g/mol. The standard InChI is InChI=1S/C10H21N5/c1-2-3-4-5-6-7-8-14-10(13)15-9(11)12/h8H,2-7H2,1H3,(H5,11,12,13,15). The summed E-state index contributed by atoms with van der Waals surface area (Å²) in [5, 5.41) is 7.22. The van der Waals surface area contributed by atoms with Crippen LogP contribution in [0.3, 0.4) is 0 Å². The van der Waals surface area contributed by atoms with E-state index in [0.29, 0.717) is 0 Å². The number of unbranched alkanes of at least 4 members (excludes halogenated alkanes) is 5. The lowest BCUT2D eigenvalue weighted by Crippen LogP contribution is -2.23. The monoisotopic (exact) mass is 211 g/mol. The zero-order chi connectivity index (χ0) is 11.5. The van der Waals surface area contributed by atoms with Gasteiger partial charge in [-0.1, -0.05) is 32.6 Å². The van der Waals surface area contributed by atoms with E-state index in [1.54, 1.807) is 6.21 Å². The number of nitrogens with zero attached hydrogens (tertiary/aromatic N) is 2. The second kappa shape index (κ2) is 9.18. The van der Waals surface area contributed by atoms with E-state index < -0.39 is 0 Å². The minimum Gasteiger partial charge on any atom is -0.370 e. The van der Waals surface area contributed by atoms with Crippen molar-refractivity contribution in [1.29, 1.82) is 5.41 Å². The molecule has 0 aromatic heterocycles. The third-order valence-electron chi connectivity index (χ3n) is 1.89. The molecule has 86 valence electrons. The van der Waals surface area contributed by atoms with Gasteiger partial charge in [0.05, 0.1) is 0 Å². The van der Waals surface area contributed by atoms with Crippen molar-refractivity contribution in [3.8, 4) is 0 Å². The summed E-state index contributed by atoms with van der Waals surface area (Å²) in [7, 11) is 0. The van der Waals surface area contributed by atoms with Crippen molar-refractivity contribution < 1.29 is 0 Å². The summed E-state index contributed by atoms with van der Waals surface area (Å²) >= 11 is 0. The lowest BCUT2D eigenvalue weighted by Gasteiger charge is -1.95. The molecule has 0 fully saturated rings. The van der Waals surface area contributed by atoms with Gasteiger partial charge < -0.3 is 11.5 Å². The summed E-state index contributed by atoms with van der Waals surface area (Å²) in [6.45, 7) is 2.19. The summed E-state index contributed by atoms with van der Waals surface area (Å²) in [6.07, 6.45) is 8.72. The highest BCUT2D eigenvalue weighted by Crippen LogP contribution is 2.03. The van der Waals surface area contributed by atoms with Gasteiger partial charge in [0.25, 0.3) is 0 Å². The highest BCUT2D eigenvalue weighted by atomic mass is 15.1. The van der Waals surface area contributed by atoms with Gasteiger partial charge in [-0.3, -0.25) is 5.41 Å². The van der Waals surface area contributed by atoms with E-state index in [2.05, 4.69) is 16.9 Å². The fraction of sp³-hybridized carbons (Fsp3) is 0.700. The molecule has 0 bridgehead atoms. The zero-order valence-electron chi connectivity index (χ0n) is 9.37. The van der Waals surface area contributed by atoms with E-state index in [9.17, 15) is 0 Å².